The zero-order valence-corrected chi connectivity index (χ0v) is 11.1. The first-order valence-electron chi connectivity index (χ1n) is 5.78. The topological polar surface area (TPSA) is 94.1 Å². The smallest absolute Gasteiger partial charge is 0.271 e. The number of aromatic nitrogens is 1. The van der Waals surface area contributed by atoms with Crippen molar-refractivity contribution in [1.29, 1.82) is 0 Å². The molecule has 0 spiro atoms. The number of nitro benzene ring substituents is 1. The number of nitrogen functional groups attached to an aromatic ring is 1. The predicted octanol–water partition coefficient (Wildman–Crippen LogP) is 3.53. The van der Waals surface area contributed by atoms with E-state index >= 15 is 0 Å². The van der Waals surface area contributed by atoms with E-state index in [9.17, 15) is 10.1 Å². The van der Waals surface area contributed by atoms with E-state index < -0.39 is 4.92 Å². The number of benzene rings is 2. The normalized spacial score (nSPS) is 10.6. The first-order chi connectivity index (χ1) is 9.63. The van der Waals surface area contributed by atoms with Crippen molar-refractivity contribution in [2.75, 3.05) is 11.1 Å². The van der Waals surface area contributed by atoms with Crippen LogP contribution in [0.1, 0.15) is 0 Å². The van der Waals surface area contributed by atoms with Crippen LogP contribution >= 0.6 is 11.3 Å². The Bertz CT molecular complexity index is 800. The van der Waals surface area contributed by atoms with Crippen molar-refractivity contribution in [1.82, 2.24) is 4.98 Å². The Morgan fingerprint density at radius 1 is 1.25 bits per heavy atom. The molecule has 0 saturated heterocycles. The second kappa shape index (κ2) is 4.78. The lowest BCUT2D eigenvalue weighted by atomic mass is 10.2. The van der Waals surface area contributed by atoms with Crippen LogP contribution in [0.5, 0.6) is 0 Å². The van der Waals surface area contributed by atoms with Crippen LogP contribution in [0.4, 0.5) is 22.7 Å². The maximum atomic E-state index is 10.7. The SMILES string of the molecule is Nc1cc([N+](=O)[O-])ccc1Nc1ccc2ncsc2c1. The minimum Gasteiger partial charge on any atom is -0.397 e. The second-order valence-electron chi connectivity index (χ2n) is 4.19. The van der Waals surface area contributed by atoms with Crippen LogP contribution in [0.2, 0.25) is 0 Å². The lowest BCUT2D eigenvalue weighted by Gasteiger charge is -2.09. The van der Waals surface area contributed by atoms with Gasteiger partial charge in [-0.15, -0.1) is 11.3 Å². The summed E-state index contributed by atoms with van der Waals surface area (Å²) in [5.41, 5.74) is 10.4. The summed E-state index contributed by atoms with van der Waals surface area (Å²) < 4.78 is 1.07. The molecule has 20 heavy (non-hydrogen) atoms. The van der Waals surface area contributed by atoms with E-state index in [2.05, 4.69) is 10.3 Å². The molecule has 3 aromatic rings. The molecule has 3 rings (SSSR count). The van der Waals surface area contributed by atoms with E-state index in [0.29, 0.717) is 11.4 Å². The van der Waals surface area contributed by atoms with Gasteiger partial charge in [0.2, 0.25) is 0 Å². The lowest BCUT2D eigenvalue weighted by Crippen LogP contribution is -1.97. The molecule has 7 heteroatoms. The summed E-state index contributed by atoms with van der Waals surface area (Å²) in [7, 11) is 0. The number of nitrogens with one attached hydrogen (secondary N) is 1. The van der Waals surface area contributed by atoms with Gasteiger partial charge in [0, 0.05) is 17.8 Å². The van der Waals surface area contributed by atoms with Crippen LogP contribution in [0, 0.1) is 10.1 Å². The summed E-state index contributed by atoms with van der Waals surface area (Å²) in [6.45, 7) is 0. The van der Waals surface area contributed by atoms with E-state index in [-0.39, 0.29) is 5.69 Å². The second-order valence-corrected chi connectivity index (χ2v) is 5.07. The van der Waals surface area contributed by atoms with Crippen molar-refractivity contribution in [3.05, 3.63) is 52.0 Å². The molecule has 1 heterocycles. The minimum absolute atomic E-state index is 0.0223. The van der Waals surface area contributed by atoms with Gasteiger partial charge in [0.15, 0.2) is 0 Å². The summed E-state index contributed by atoms with van der Waals surface area (Å²) in [6.07, 6.45) is 0. The van der Waals surface area contributed by atoms with Crippen LogP contribution in [-0.4, -0.2) is 9.91 Å². The average Bonchev–Trinajstić information content (AvgIpc) is 2.88. The first kappa shape index (κ1) is 12.4. The zero-order chi connectivity index (χ0) is 14.1. The van der Waals surface area contributed by atoms with Gasteiger partial charge in [-0.2, -0.15) is 0 Å². The monoisotopic (exact) mass is 286 g/mol. The molecule has 0 saturated carbocycles. The number of hydrogen-bond donors (Lipinski definition) is 2. The maximum Gasteiger partial charge on any atom is 0.271 e. The number of rotatable bonds is 3. The Labute approximate surface area is 118 Å². The summed E-state index contributed by atoms with van der Waals surface area (Å²) in [6, 6.07) is 10.1. The molecular formula is C13H10N4O2S. The van der Waals surface area contributed by atoms with Gasteiger partial charge < -0.3 is 11.1 Å². The van der Waals surface area contributed by atoms with Crippen LogP contribution in [0.25, 0.3) is 10.2 Å². The van der Waals surface area contributed by atoms with Crippen LogP contribution in [0.3, 0.4) is 0 Å². The van der Waals surface area contributed by atoms with Gasteiger partial charge in [-0.05, 0) is 24.3 Å². The van der Waals surface area contributed by atoms with E-state index in [0.717, 1.165) is 15.9 Å². The molecule has 6 nitrogen and oxygen atoms in total. The Kier molecular flexibility index (Phi) is 2.96. The number of hydrogen-bond acceptors (Lipinski definition) is 6. The molecule has 3 N–H and O–H groups in total. The Hall–Kier alpha value is -2.67. The van der Waals surface area contributed by atoms with Crippen molar-refractivity contribution in [3.63, 3.8) is 0 Å². The van der Waals surface area contributed by atoms with Gasteiger partial charge in [-0.1, -0.05) is 0 Å². The number of thiazole rings is 1. The van der Waals surface area contributed by atoms with Crippen molar-refractivity contribution < 1.29 is 4.92 Å². The Morgan fingerprint density at radius 3 is 2.85 bits per heavy atom. The van der Waals surface area contributed by atoms with Crippen molar-refractivity contribution >= 4 is 44.3 Å². The van der Waals surface area contributed by atoms with E-state index in [1.165, 1.54) is 12.1 Å². The molecule has 0 atom stereocenters. The average molecular weight is 286 g/mol. The molecule has 0 aliphatic rings. The minimum atomic E-state index is -0.469. The number of nitrogens with zero attached hydrogens (tertiary/aromatic N) is 2. The fourth-order valence-corrected chi connectivity index (χ4v) is 2.58. The maximum absolute atomic E-state index is 10.7. The highest BCUT2D eigenvalue weighted by Crippen LogP contribution is 2.29. The van der Waals surface area contributed by atoms with Crippen molar-refractivity contribution in [2.24, 2.45) is 0 Å². The van der Waals surface area contributed by atoms with Crippen molar-refractivity contribution in [2.45, 2.75) is 0 Å². The van der Waals surface area contributed by atoms with Gasteiger partial charge in [-0.3, -0.25) is 10.1 Å². The van der Waals surface area contributed by atoms with Crippen LogP contribution < -0.4 is 11.1 Å². The molecule has 0 amide bonds. The van der Waals surface area contributed by atoms with E-state index in [4.69, 9.17) is 5.73 Å². The largest absolute Gasteiger partial charge is 0.397 e. The first-order valence-corrected chi connectivity index (χ1v) is 6.65. The highest BCUT2D eigenvalue weighted by molar-refractivity contribution is 7.16. The molecule has 0 aliphatic heterocycles. The zero-order valence-electron chi connectivity index (χ0n) is 10.2. The molecule has 0 bridgehead atoms. The number of nitro groups is 1. The molecule has 0 aliphatic carbocycles. The Morgan fingerprint density at radius 2 is 2.10 bits per heavy atom. The molecule has 0 radical (unpaired) electrons. The predicted molar refractivity (Wildman–Crippen MR) is 80.4 cm³/mol. The number of non-ortho nitro benzene ring substituents is 1. The summed E-state index contributed by atoms with van der Waals surface area (Å²) in [5.74, 6) is 0. The summed E-state index contributed by atoms with van der Waals surface area (Å²) in [5, 5.41) is 13.8. The summed E-state index contributed by atoms with van der Waals surface area (Å²) >= 11 is 1.55. The molecule has 0 fully saturated rings. The van der Waals surface area contributed by atoms with Gasteiger partial charge >= 0.3 is 0 Å². The molecule has 0 unspecified atom stereocenters. The fraction of sp³-hybridized carbons (Fsp3) is 0. The molecule has 2 aromatic carbocycles. The fourth-order valence-electron chi connectivity index (χ4n) is 1.87. The molecular weight excluding hydrogens is 276 g/mol. The van der Waals surface area contributed by atoms with Gasteiger partial charge in [-0.25, -0.2) is 4.98 Å². The third-order valence-corrected chi connectivity index (χ3v) is 3.65. The van der Waals surface area contributed by atoms with Gasteiger partial charge in [0.25, 0.3) is 5.69 Å². The highest BCUT2D eigenvalue weighted by Gasteiger charge is 2.09. The van der Waals surface area contributed by atoms with E-state index in [1.54, 1.807) is 22.9 Å². The standard InChI is InChI=1S/C13H10N4O2S/c14-10-6-9(17(18)19)2-4-11(10)16-8-1-3-12-13(5-8)20-7-15-12/h1-7,16H,14H2. The Balaban J connectivity index is 1.92. The lowest BCUT2D eigenvalue weighted by molar-refractivity contribution is -0.384. The molecule has 100 valence electrons. The quantitative estimate of drug-likeness (QED) is 0.436. The number of anilines is 3. The van der Waals surface area contributed by atoms with Crippen LogP contribution in [-0.2, 0) is 0 Å². The third kappa shape index (κ3) is 2.26. The third-order valence-electron chi connectivity index (χ3n) is 2.86. The number of fused-ring (bicyclic) bond motifs is 1. The van der Waals surface area contributed by atoms with E-state index in [1.807, 2.05) is 18.2 Å². The number of nitrogens with two attached hydrogens (primary N) is 1. The molecule has 1 aromatic heterocycles. The van der Waals surface area contributed by atoms with Gasteiger partial charge in [0.1, 0.15) is 0 Å². The summed E-state index contributed by atoms with van der Waals surface area (Å²) in [4.78, 5) is 14.4. The van der Waals surface area contributed by atoms with Crippen molar-refractivity contribution in [3.8, 4) is 0 Å². The van der Waals surface area contributed by atoms with Gasteiger partial charge in [0.05, 0.1) is 32.0 Å². The highest BCUT2D eigenvalue weighted by atomic mass is 32.1. The van der Waals surface area contributed by atoms with Crippen LogP contribution in [0.15, 0.2) is 41.9 Å².